The van der Waals surface area contributed by atoms with E-state index in [2.05, 4.69) is 15.0 Å². The van der Waals surface area contributed by atoms with Crippen molar-refractivity contribution in [2.24, 2.45) is 0 Å². The quantitative estimate of drug-likeness (QED) is 0.679. The van der Waals surface area contributed by atoms with E-state index in [-0.39, 0.29) is 10.9 Å². The highest BCUT2D eigenvalue weighted by molar-refractivity contribution is 7.92. The van der Waals surface area contributed by atoms with E-state index >= 15 is 0 Å². The van der Waals surface area contributed by atoms with Crippen LogP contribution in [-0.4, -0.2) is 13.4 Å². The maximum atomic E-state index is 12.4. The predicted molar refractivity (Wildman–Crippen MR) is 105 cm³/mol. The lowest BCUT2D eigenvalue weighted by molar-refractivity contribution is 0.601. The molecule has 3 rings (SSSR count). The Balaban J connectivity index is 1.68. The molecule has 26 heavy (non-hydrogen) atoms. The van der Waals surface area contributed by atoms with Crippen LogP contribution in [0, 0.1) is 6.92 Å². The molecule has 0 spiro atoms. The summed E-state index contributed by atoms with van der Waals surface area (Å²) in [6.45, 7) is 3.96. The van der Waals surface area contributed by atoms with Gasteiger partial charge in [-0.15, -0.1) is 0 Å². The van der Waals surface area contributed by atoms with Crippen LogP contribution in [0.2, 0.25) is 0 Å². The number of sulfonamides is 1. The second-order valence-electron chi connectivity index (χ2n) is 6.13. The van der Waals surface area contributed by atoms with Gasteiger partial charge in [-0.25, -0.2) is 13.4 Å². The second-order valence-corrected chi connectivity index (χ2v) is 7.81. The first-order valence-corrected chi connectivity index (χ1v) is 9.79. The maximum Gasteiger partial charge on any atom is 0.261 e. The lowest BCUT2D eigenvalue weighted by Crippen LogP contribution is -2.13. The van der Waals surface area contributed by atoms with Crippen LogP contribution in [0.1, 0.15) is 24.1 Å². The highest BCUT2D eigenvalue weighted by Crippen LogP contribution is 2.20. The summed E-state index contributed by atoms with van der Waals surface area (Å²) in [4.78, 5) is 4.52. The van der Waals surface area contributed by atoms with Crippen LogP contribution in [-0.2, 0) is 10.0 Å². The molecule has 0 bridgehead atoms. The summed E-state index contributed by atoms with van der Waals surface area (Å²) in [5.74, 6) is 0.680. The van der Waals surface area contributed by atoms with Gasteiger partial charge in [0.15, 0.2) is 0 Å². The number of benzene rings is 2. The van der Waals surface area contributed by atoms with Gasteiger partial charge in [-0.05, 0) is 43.7 Å². The fourth-order valence-electron chi connectivity index (χ4n) is 2.52. The lowest BCUT2D eigenvalue weighted by Gasteiger charge is -2.15. The Morgan fingerprint density at radius 2 is 1.62 bits per heavy atom. The van der Waals surface area contributed by atoms with Gasteiger partial charge >= 0.3 is 0 Å². The second kappa shape index (κ2) is 7.58. The fourth-order valence-corrected chi connectivity index (χ4v) is 3.56. The minimum atomic E-state index is -3.62. The van der Waals surface area contributed by atoms with E-state index in [1.54, 1.807) is 36.4 Å². The van der Waals surface area contributed by atoms with Crippen LogP contribution in [0.15, 0.2) is 77.8 Å². The molecule has 1 heterocycles. The standard InChI is InChI=1S/C20H21N3O2S/c1-15-8-11-19(12-9-15)26(24,25)23-18-10-13-20(21-14-18)22-16(2)17-6-4-3-5-7-17/h3-14,16,23H,1-2H3,(H,21,22). The Morgan fingerprint density at radius 3 is 2.23 bits per heavy atom. The number of hydrogen-bond donors (Lipinski definition) is 2. The number of nitrogens with one attached hydrogen (secondary N) is 2. The van der Waals surface area contributed by atoms with Gasteiger partial charge in [0.05, 0.1) is 16.8 Å². The molecule has 2 aromatic carbocycles. The fraction of sp³-hybridized carbons (Fsp3) is 0.150. The SMILES string of the molecule is Cc1ccc(S(=O)(=O)Nc2ccc(NC(C)c3ccccc3)nc2)cc1. The van der Waals surface area contributed by atoms with Crippen molar-refractivity contribution in [1.82, 2.24) is 4.98 Å². The zero-order valence-corrected chi connectivity index (χ0v) is 15.5. The summed E-state index contributed by atoms with van der Waals surface area (Å²) in [5, 5.41) is 3.30. The number of pyridine rings is 1. The van der Waals surface area contributed by atoms with Gasteiger partial charge in [0.25, 0.3) is 10.0 Å². The lowest BCUT2D eigenvalue weighted by atomic mass is 10.1. The third-order valence-electron chi connectivity index (χ3n) is 4.01. The number of rotatable bonds is 6. The molecule has 0 amide bonds. The monoisotopic (exact) mass is 367 g/mol. The van der Waals surface area contributed by atoms with Gasteiger partial charge < -0.3 is 5.32 Å². The van der Waals surface area contributed by atoms with Crippen molar-refractivity contribution < 1.29 is 8.42 Å². The van der Waals surface area contributed by atoms with Crippen LogP contribution in [0.3, 0.4) is 0 Å². The van der Waals surface area contributed by atoms with Crippen molar-refractivity contribution >= 4 is 21.5 Å². The van der Waals surface area contributed by atoms with Crippen LogP contribution in [0.4, 0.5) is 11.5 Å². The molecule has 1 unspecified atom stereocenters. The smallest absolute Gasteiger partial charge is 0.261 e. The van der Waals surface area contributed by atoms with Gasteiger partial charge in [0, 0.05) is 6.04 Å². The van der Waals surface area contributed by atoms with Gasteiger partial charge in [-0.1, -0.05) is 48.0 Å². The first-order chi connectivity index (χ1) is 12.4. The Hall–Kier alpha value is -2.86. The van der Waals surface area contributed by atoms with Crippen molar-refractivity contribution in [2.45, 2.75) is 24.8 Å². The topological polar surface area (TPSA) is 71.1 Å². The van der Waals surface area contributed by atoms with E-state index in [1.165, 1.54) is 6.20 Å². The molecule has 0 aliphatic heterocycles. The van der Waals surface area contributed by atoms with Crippen molar-refractivity contribution in [2.75, 3.05) is 10.0 Å². The number of hydrogen-bond acceptors (Lipinski definition) is 4. The summed E-state index contributed by atoms with van der Waals surface area (Å²) >= 11 is 0. The van der Waals surface area contributed by atoms with Gasteiger partial charge in [-0.2, -0.15) is 0 Å². The van der Waals surface area contributed by atoms with Crippen molar-refractivity contribution in [3.63, 3.8) is 0 Å². The molecule has 6 heteroatoms. The molecule has 0 aliphatic rings. The Bertz CT molecular complexity index is 954. The first kappa shape index (κ1) is 17.9. The van der Waals surface area contributed by atoms with E-state index in [9.17, 15) is 8.42 Å². The average Bonchev–Trinajstić information content (AvgIpc) is 2.64. The van der Waals surface area contributed by atoms with Crippen LogP contribution in [0.5, 0.6) is 0 Å². The molecule has 1 atom stereocenters. The molecule has 0 aliphatic carbocycles. The molecular weight excluding hydrogens is 346 g/mol. The van der Waals surface area contributed by atoms with Crippen LogP contribution < -0.4 is 10.0 Å². The van der Waals surface area contributed by atoms with E-state index in [1.807, 2.05) is 44.2 Å². The van der Waals surface area contributed by atoms with Gasteiger partial charge in [0.2, 0.25) is 0 Å². The molecule has 2 N–H and O–H groups in total. The summed E-state index contributed by atoms with van der Waals surface area (Å²) in [6.07, 6.45) is 1.51. The van der Waals surface area contributed by atoms with E-state index < -0.39 is 10.0 Å². The molecule has 3 aromatic rings. The molecule has 0 saturated heterocycles. The molecule has 0 fully saturated rings. The summed E-state index contributed by atoms with van der Waals surface area (Å²) in [6, 6.07) is 20.3. The zero-order valence-electron chi connectivity index (χ0n) is 14.7. The van der Waals surface area contributed by atoms with Gasteiger partial charge in [-0.3, -0.25) is 4.72 Å². The number of nitrogens with zero attached hydrogens (tertiary/aromatic N) is 1. The third kappa shape index (κ3) is 4.40. The summed E-state index contributed by atoms with van der Waals surface area (Å²) in [5.41, 5.74) is 2.58. The average molecular weight is 367 g/mol. The highest BCUT2D eigenvalue weighted by Gasteiger charge is 2.14. The van der Waals surface area contributed by atoms with Crippen LogP contribution >= 0.6 is 0 Å². The highest BCUT2D eigenvalue weighted by atomic mass is 32.2. The van der Waals surface area contributed by atoms with Crippen molar-refractivity contribution in [3.05, 3.63) is 84.1 Å². The van der Waals surface area contributed by atoms with Crippen LogP contribution in [0.25, 0.3) is 0 Å². The van der Waals surface area contributed by atoms with E-state index in [0.29, 0.717) is 11.5 Å². The molecule has 1 aromatic heterocycles. The maximum absolute atomic E-state index is 12.4. The van der Waals surface area contributed by atoms with Crippen molar-refractivity contribution in [3.8, 4) is 0 Å². The Kier molecular flexibility index (Phi) is 5.23. The largest absolute Gasteiger partial charge is 0.364 e. The summed E-state index contributed by atoms with van der Waals surface area (Å²) in [7, 11) is -3.62. The normalized spacial score (nSPS) is 12.4. The number of aromatic nitrogens is 1. The first-order valence-electron chi connectivity index (χ1n) is 8.31. The summed E-state index contributed by atoms with van der Waals surface area (Å²) < 4.78 is 27.4. The molecular formula is C20H21N3O2S. The Morgan fingerprint density at radius 1 is 0.923 bits per heavy atom. The molecule has 0 saturated carbocycles. The minimum absolute atomic E-state index is 0.0961. The molecule has 5 nitrogen and oxygen atoms in total. The molecule has 0 radical (unpaired) electrons. The van der Waals surface area contributed by atoms with E-state index in [4.69, 9.17) is 0 Å². The Labute approximate surface area is 154 Å². The van der Waals surface area contributed by atoms with Crippen molar-refractivity contribution in [1.29, 1.82) is 0 Å². The zero-order chi connectivity index (χ0) is 18.6. The number of anilines is 2. The van der Waals surface area contributed by atoms with Gasteiger partial charge in [0.1, 0.15) is 5.82 Å². The molecule has 134 valence electrons. The number of aryl methyl sites for hydroxylation is 1. The van der Waals surface area contributed by atoms with E-state index in [0.717, 1.165) is 11.1 Å². The third-order valence-corrected chi connectivity index (χ3v) is 5.41. The minimum Gasteiger partial charge on any atom is -0.364 e. The predicted octanol–water partition coefficient (Wildman–Crippen LogP) is 4.36.